The third-order valence-corrected chi connectivity index (χ3v) is 9.42. The summed E-state index contributed by atoms with van der Waals surface area (Å²) in [6, 6.07) is 27.7. The van der Waals surface area contributed by atoms with Crippen molar-refractivity contribution >= 4 is 39.1 Å². The van der Waals surface area contributed by atoms with Gasteiger partial charge in [0.15, 0.2) is 0 Å². The third kappa shape index (κ3) is 8.07. The molecule has 1 N–H and O–H groups in total. The minimum atomic E-state index is -4.19. The zero-order chi connectivity index (χ0) is 31.9. The number of benzene rings is 4. The Morgan fingerprint density at radius 3 is 2.02 bits per heavy atom. The fourth-order valence-corrected chi connectivity index (χ4v) is 6.69. The summed E-state index contributed by atoms with van der Waals surface area (Å²) in [7, 11) is -4.19. The molecule has 4 rings (SSSR count). The van der Waals surface area contributed by atoms with E-state index in [0.29, 0.717) is 22.8 Å². The SMILES string of the molecule is CCNC(=O)[C@H](Cc1ccccc1)N(Cc1ccc(C)cc1)C(=O)CN(c1ccc(Cl)cc1C)S(=O)(=O)c1ccc(C)cc1. The summed E-state index contributed by atoms with van der Waals surface area (Å²) < 4.78 is 29.5. The van der Waals surface area contributed by atoms with Crippen LogP contribution in [0.1, 0.15) is 34.7 Å². The molecular weight excluding hydrogens is 594 g/mol. The molecule has 1 atom stereocenters. The van der Waals surface area contributed by atoms with Crippen molar-refractivity contribution in [3.8, 4) is 0 Å². The highest BCUT2D eigenvalue weighted by molar-refractivity contribution is 7.92. The first-order chi connectivity index (χ1) is 21.0. The van der Waals surface area contributed by atoms with Crippen LogP contribution in [0.2, 0.25) is 5.02 Å². The first-order valence-electron chi connectivity index (χ1n) is 14.5. The standard InChI is InChI=1S/C35H38ClN3O4S/c1-5-37-35(41)33(22-28-9-7-6-8-10-28)38(23-29-15-11-25(2)12-16-29)34(40)24-39(32-20-17-30(36)21-27(32)4)44(42,43)31-18-13-26(3)14-19-31/h6-21,33H,5,22-24H2,1-4H3,(H,37,41)/t33-/m0/s1. The van der Waals surface area contributed by atoms with Gasteiger partial charge in [0, 0.05) is 24.5 Å². The number of carbonyl (C=O) groups is 2. The number of aryl methyl sites for hydroxylation is 3. The molecule has 2 amide bonds. The van der Waals surface area contributed by atoms with E-state index >= 15 is 0 Å². The molecule has 0 bridgehead atoms. The number of hydrogen-bond acceptors (Lipinski definition) is 4. The minimum absolute atomic E-state index is 0.0555. The molecule has 0 aromatic heterocycles. The molecule has 0 aliphatic carbocycles. The molecule has 7 nitrogen and oxygen atoms in total. The van der Waals surface area contributed by atoms with Crippen molar-refractivity contribution in [2.24, 2.45) is 0 Å². The van der Waals surface area contributed by atoms with Crippen LogP contribution in [0.15, 0.2) is 102 Å². The Labute approximate surface area is 265 Å². The first-order valence-corrected chi connectivity index (χ1v) is 16.3. The van der Waals surface area contributed by atoms with E-state index in [1.165, 1.54) is 17.0 Å². The zero-order valence-electron chi connectivity index (χ0n) is 25.5. The Balaban J connectivity index is 1.81. The molecule has 0 radical (unpaired) electrons. The average molecular weight is 632 g/mol. The summed E-state index contributed by atoms with van der Waals surface area (Å²) in [5.74, 6) is -0.824. The number of likely N-dealkylation sites (N-methyl/N-ethyl adjacent to an activating group) is 1. The molecule has 0 saturated carbocycles. The third-order valence-electron chi connectivity index (χ3n) is 7.41. The molecule has 4 aromatic rings. The van der Waals surface area contributed by atoms with E-state index in [1.54, 1.807) is 37.3 Å². The van der Waals surface area contributed by atoms with Gasteiger partial charge in [0.25, 0.3) is 10.0 Å². The van der Waals surface area contributed by atoms with Crippen LogP contribution in [0.5, 0.6) is 0 Å². The van der Waals surface area contributed by atoms with E-state index in [2.05, 4.69) is 5.32 Å². The molecule has 9 heteroatoms. The van der Waals surface area contributed by atoms with Crippen molar-refractivity contribution in [1.82, 2.24) is 10.2 Å². The lowest BCUT2D eigenvalue weighted by molar-refractivity contribution is -0.140. The van der Waals surface area contributed by atoms with Gasteiger partial charge in [-0.25, -0.2) is 8.42 Å². The van der Waals surface area contributed by atoms with Gasteiger partial charge in [0.1, 0.15) is 12.6 Å². The molecule has 0 spiro atoms. The topological polar surface area (TPSA) is 86.8 Å². The van der Waals surface area contributed by atoms with Gasteiger partial charge in [-0.1, -0.05) is 89.5 Å². The van der Waals surface area contributed by atoms with Crippen LogP contribution in [0.25, 0.3) is 0 Å². The number of anilines is 1. The van der Waals surface area contributed by atoms with Gasteiger partial charge in [0.05, 0.1) is 10.6 Å². The Morgan fingerprint density at radius 1 is 0.818 bits per heavy atom. The summed E-state index contributed by atoms with van der Waals surface area (Å²) >= 11 is 6.22. The monoisotopic (exact) mass is 631 g/mol. The molecule has 0 saturated heterocycles. The number of sulfonamides is 1. The van der Waals surface area contributed by atoms with Gasteiger partial charge in [-0.3, -0.25) is 13.9 Å². The zero-order valence-corrected chi connectivity index (χ0v) is 27.0. The van der Waals surface area contributed by atoms with Crippen molar-refractivity contribution in [3.05, 3.63) is 130 Å². The number of rotatable bonds is 12. The van der Waals surface area contributed by atoms with Crippen LogP contribution in [0.4, 0.5) is 5.69 Å². The summed E-state index contributed by atoms with van der Waals surface area (Å²) in [5.41, 5.74) is 4.59. The highest BCUT2D eigenvalue weighted by Gasteiger charge is 2.35. The minimum Gasteiger partial charge on any atom is -0.355 e. The molecule has 0 fully saturated rings. The average Bonchev–Trinajstić information content (AvgIpc) is 2.99. The quantitative estimate of drug-likeness (QED) is 0.201. The van der Waals surface area contributed by atoms with Crippen molar-refractivity contribution in [3.63, 3.8) is 0 Å². The predicted molar refractivity (Wildman–Crippen MR) is 176 cm³/mol. The van der Waals surface area contributed by atoms with Crippen molar-refractivity contribution < 1.29 is 18.0 Å². The molecule has 0 aliphatic rings. The Bertz CT molecular complexity index is 1690. The molecule has 0 aliphatic heterocycles. The van der Waals surface area contributed by atoms with E-state index in [4.69, 9.17) is 11.6 Å². The second-order valence-corrected chi connectivity index (χ2v) is 13.2. The van der Waals surface area contributed by atoms with E-state index < -0.39 is 28.5 Å². The van der Waals surface area contributed by atoms with E-state index in [1.807, 2.05) is 75.4 Å². The highest BCUT2D eigenvalue weighted by atomic mass is 35.5. The lowest BCUT2D eigenvalue weighted by Gasteiger charge is -2.34. The Hall–Kier alpha value is -4.14. The van der Waals surface area contributed by atoms with Crippen LogP contribution in [0, 0.1) is 20.8 Å². The van der Waals surface area contributed by atoms with Gasteiger partial charge in [-0.15, -0.1) is 0 Å². The van der Waals surface area contributed by atoms with Crippen LogP contribution < -0.4 is 9.62 Å². The molecule has 44 heavy (non-hydrogen) atoms. The second-order valence-electron chi connectivity index (χ2n) is 10.9. The van der Waals surface area contributed by atoms with Crippen molar-refractivity contribution in [2.75, 3.05) is 17.4 Å². The van der Waals surface area contributed by atoms with Gasteiger partial charge in [-0.2, -0.15) is 0 Å². The normalized spacial score (nSPS) is 11.9. The maximum absolute atomic E-state index is 14.5. The number of halogens is 1. The number of nitrogens with zero attached hydrogens (tertiary/aromatic N) is 2. The summed E-state index contributed by atoms with van der Waals surface area (Å²) in [4.78, 5) is 29.6. The molecule has 0 unspecified atom stereocenters. The van der Waals surface area contributed by atoms with Gasteiger partial charge >= 0.3 is 0 Å². The number of nitrogens with one attached hydrogen (secondary N) is 1. The maximum Gasteiger partial charge on any atom is 0.264 e. The van der Waals surface area contributed by atoms with Crippen LogP contribution in [-0.4, -0.2) is 44.3 Å². The van der Waals surface area contributed by atoms with Gasteiger partial charge < -0.3 is 10.2 Å². The van der Waals surface area contributed by atoms with Crippen LogP contribution >= 0.6 is 11.6 Å². The summed E-state index contributed by atoms with van der Waals surface area (Å²) in [5, 5.41) is 3.33. The number of amides is 2. The highest BCUT2D eigenvalue weighted by Crippen LogP contribution is 2.30. The van der Waals surface area contributed by atoms with Crippen molar-refractivity contribution in [2.45, 2.75) is 51.6 Å². The number of carbonyl (C=O) groups excluding carboxylic acids is 2. The van der Waals surface area contributed by atoms with Gasteiger partial charge in [0.2, 0.25) is 11.8 Å². The fraction of sp³-hybridized carbons (Fsp3) is 0.257. The van der Waals surface area contributed by atoms with E-state index in [-0.39, 0.29) is 23.8 Å². The fourth-order valence-electron chi connectivity index (χ4n) is 4.99. The molecule has 4 aromatic carbocycles. The molecule has 230 valence electrons. The summed E-state index contributed by atoms with van der Waals surface area (Å²) in [6.07, 6.45) is 0.259. The number of hydrogen-bond donors (Lipinski definition) is 1. The van der Waals surface area contributed by atoms with Crippen LogP contribution in [0.3, 0.4) is 0 Å². The largest absolute Gasteiger partial charge is 0.355 e. The predicted octanol–water partition coefficient (Wildman–Crippen LogP) is 6.24. The lowest BCUT2D eigenvalue weighted by Crippen LogP contribution is -2.53. The van der Waals surface area contributed by atoms with Gasteiger partial charge in [-0.05, 0) is 74.7 Å². The molecule has 0 heterocycles. The lowest BCUT2D eigenvalue weighted by atomic mass is 10.0. The smallest absolute Gasteiger partial charge is 0.264 e. The van der Waals surface area contributed by atoms with Crippen molar-refractivity contribution in [1.29, 1.82) is 0 Å². The Kier molecular flexibility index (Phi) is 10.8. The maximum atomic E-state index is 14.5. The molecular formula is C35H38ClN3O4S. The van der Waals surface area contributed by atoms with Crippen LogP contribution in [-0.2, 0) is 32.6 Å². The van der Waals surface area contributed by atoms with E-state index in [0.717, 1.165) is 26.6 Å². The second kappa shape index (κ2) is 14.6. The Morgan fingerprint density at radius 2 is 1.43 bits per heavy atom. The van der Waals surface area contributed by atoms with E-state index in [9.17, 15) is 18.0 Å². The first kappa shape index (κ1) is 32.8. The summed E-state index contributed by atoms with van der Waals surface area (Å²) in [6.45, 7) is 7.40.